The first kappa shape index (κ1) is 15.0. The summed E-state index contributed by atoms with van der Waals surface area (Å²) in [6.07, 6.45) is 0.791. The van der Waals surface area contributed by atoms with Crippen molar-refractivity contribution in [2.45, 2.75) is 19.5 Å². The van der Waals surface area contributed by atoms with Crippen molar-refractivity contribution in [2.24, 2.45) is 0 Å². The van der Waals surface area contributed by atoms with E-state index < -0.39 is 0 Å². The molecule has 0 amide bonds. The van der Waals surface area contributed by atoms with Crippen LogP contribution < -0.4 is 10.2 Å². The highest BCUT2D eigenvalue weighted by Crippen LogP contribution is 2.22. The van der Waals surface area contributed by atoms with Gasteiger partial charge in [0.15, 0.2) is 5.43 Å². The minimum atomic E-state index is 0.153. The van der Waals surface area contributed by atoms with Crippen molar-refractivity contribution >= 4 is 10.9 Å². The van der Waals surface area contributed by atoms with Crippen LogP contribution in [0.4, 0.5) is 0 Å². The number of rotatable bonds is 3. The van der Waals surface area contributed by atoms with Gasteiger partial charge in [-0.05, 0) is 24.1 Å². The minimum absolute atomic E-state index is 0.153. The molecule has 0 aliphatic carbocycles. The Balaban J connectivity index is 1.68. The molecule has 1 aromatic heterocycles. The maximum Gasteiger partial charge on any atom is 0.192 e. The summed E-state index contributed by atoms with van der Waals surface area (Å²) in [7, 11) is 1.64. The quantitative estimate of drug-likeness (QED) is 0.806. The molecule has 0 saturated heterocycles. The molecular weight excluding hydrogens is 300 g/mol. The average molecular weight is 320 g/mol. The number of hydrogen-bond acceptors (Lipinski definition) is 3. The van der Waals surface area contributed by atoms with Crippen molar-refractivity contribution in [3.63, 3.8) is 0 Å². The molecule has 2 aromatic carbocycles. The Morgan fingerprint density at radius 3 is 2.79 bits per heavy atom. The van der Waals surface area contributed by atoms with Crippen LogP contribution in [0.3, 0.4) is 0 Å². The van der Waals surface area contributed by atoms with Gasteiger partial charge in [0.1, 0.15) is 5.75 Å². The Morgan fingerprint density at radius 1 is 1.17 bits per heavy atom. The summed E-state index contributed by atoms with van der Waals surface area (Å²) in [5.41, 5.74) is 4.26. The van der Waals surface area contributed by atoms with E-state index in [2.05, 4.69) is 34.1 Å². The lowest BCUT2D eigenvalue weighted by Crippen LogP contribution is -2.34. The van der Waals surface area contributed by atoms with Crippen molar-refractivity contribution in [1.29, 1.82) is 0 Å². The number of nitrogens with one attached hydrogen (secondary N) is 1. The number of aromatic amines is 1. The average Bonchev–Trinajstić information content (AvgIpc) is 2.62. The molecule has 0 bridgehead atoms. The summed E-state index contributed by atoms with van der Waals surface area (Å²) in [6, 6.07) is 16.0. The molecule has 24 heavy (non-hydrogen) atoms. The van der Waals surface area contributed by atoms with E-state index in [4.69, 9.17) is 4.74 Å². The highest BCUT2D eigenvalue weighted by molar-refractivity contribution is 5.81. The van der Waals surface area contributed by atoms with E-state index in [0.717, 1.165) is 54.0 Å². The number of aromatic nitrogens is 1. The van der Waals surface area contributed by atoms with E-state index in [-0.39, 0.29) is 5.43 Å². The number of ether oxygens (including phenoxy) is 1. The van der Waals surface area contributed by atoms with Crippen molar-refractivity contribution in [2.75, 3.05) is 13.7 Å². The van der Waals surface area contributed by atoms with Crippen LogP contribution in [-0.4, -0.2) is 23.5 Å². The van der Waals surface area contributed by atoms with Crippen LogP contribution in [0.1, 0.15) is 16.8 Å². The standard InChI is InChI=1S/C20H20N2O2/c1-24-15-7-8-16-18(11-15)21-19-13-22(10-9-17(19)20(16)23)12-14-5-3-2-4-6-14/h2-8,11H,9-10,12-13H2,1H3,(H,21,23). The van der Waals surface area contributed by atoms with Gasteiger partial charge in [0, 0.05) is 42.3 Å². The summed E-state index contributed by atoms with van der Waals surface area (Å²) >= 11 is 0. The van der Waals surface area contributed by atoms with E-state index in [1.165, 1.54) is 5.56 Å². The van der Waals surface area contributed by atoms with Gasteiger partial charge in [0.05, 0.1) is 12.6 Å². The molecule has 0 unspecified atom stereocenters. The van der Waals surface area contributed by atoms with Crippen LogP contribution >= 0.6 is 0 Å². The number of methoxy groups -OCH3 is 1. The van der Waals surface area contributed by atoms with E-state index >= 15 is 0 Å². The van der Waals surface area contributed by atoms with Crippen LogP contribution in [0.2, 0.25) is 0 Å². The Hall–Kier alpha value is -2.59. The third kappa shape index (κ3) is 2.69. The fourth-order valence-electron chi connectivity index (χ4n) is 3.44. The smallest absolute Gasteiger partial charge is 0.192 e. The molecule has 4 heteroatoms. The topological polar surface area (TPSA) is 45.3 Å². The van der Waals surface area contributed by atoms with Crippen LogP contribution in [-0.2, 0) is 19.5 Å². The van der Waals surface area contributed by atoms with Gasteiger partial charge in [-0.2, -0.15) is 0 Å². The second-order valence-electron chi connectivity index (χ2n) is 6.27. The fourth-order valence-corrected chi connectivity index (χ4v) is 3.44. The Labute approximate surface area is 140 Å². The highest BCUT2D eigenvalue weighted by Gasteiger charge is 2.20. The van der Waals surface area contributed by atoms with Crippen LogP contribution in [0.5, 0.6) is 5.75 Å². The van der Waals surface area contributed by atoms with E-state index in [0.29, 0.717) is 0 Å². The summed E-state index contributed by atoms with van der Waals surface area (Å²) < 4.78 is 5.27. The number of benzene rings is 2. The van der Waals surface area contributed by atoms with Crippen molar-refractivity contribution in [3.05, 3.63) is 75.6 Å². The molecular formula is C20H20N2O2. The predicted octanol–water partition coefficient (Wildman–Crippen LogP) is 3.10. The molecule has 0 fully saturated rings. The number of H-pyrrole nitrogens is 1. The van der Waals surface area contributed by atoms with Gasteiger partial charge >= 0.3 is 0 Å². The normalized spacial score (nSPS) is 14.5. The lowest BCUT2D eigenvalue weighted by Gasteiger charge is -2.28. The highest BCUT2D eigenvalue weighted by atomic mass is 16.5. The van der Waals surface area contributed by atoms with Gasteiger partial charge in [-0.3, -0.25) is 9.69 Å². The van der Waals surface area contributed by atoms with Crippen molar-refractivity contribution < 1.29 is 4.74 Å². The SMILES string of the molecule is COc1ccc2c(=O)c3c([nH]c2c1)CN(Cc1ccccc1)CC3. The van der Waals surface area contributed by atoms with E-state index in [1.807, 2.05) is 24.3 Å². The zero-order valence-electron chi connectivity index (χ0n) is 13.7. The third-order valence-electron chi connectivity index (χ3n) is 4.70. The molecule has 4 rings (SSSR count). The molecule has 3 aromatic rings. The zero-order chi connectivity index (χ0) is 16.5. The van der Waals surface area contributed by atoms with Crippen LogP contribution in [0, 0.1) is 0 Å². The molecule has 1 N–H and O–H groups in total. The summed E-state index contributed by atoms with van der Waals surface area (Å²) in [4.78, 5) is 18.6. The number of nitrogens with zero attached hydrogens (tertiary/aromatic N) is 1. The minimum Gasteiger partial charge on any atom is -0.497 e. The Morgan fingerprint density at radius 2 is 2.00 bits per heavy atom. The van der Waals surface area contributed by atoms with Crippen LogP contribution in [0.25, 0.3) is 10.9 Å². The summed E-state index contributed by atoms with van der Waals surface area (Å²) in [5.74, 6) is 0.759. The zero-order valence-corrected chi connectivity index (χ0v) is 13.7. The maximum atomic E-state index is 12.8. The van der Waals surface area contributed by atoms with Gasteiger partial charge in [-0.15, -0.1) is 0 Å². The second-order valence-corrected chi connectivity index (χ2v) is 6.27. The van der Waals surface area contributed by atoms with Crippen molar-refractivity contribution in [1.82, 2.24) is 9.88 Å². The van der Waals surface area contributed by atoms with Gasteiger partial charge in [0.25, 0.3) is 0 Å². The monoisotopic (exact) mass is 320 g/mol. The fraction of sp³-hybridized carbons (Fsp3) is 0.250. The van der Waals surface area contributed by atoms with E-state index in [1.54, 1.807) is 7.11 Å². The van der Waals surface area contributed by atoms with Crippen LogP contribution in [0.15, 0.2) is 53.3 Å². The Bertz CT molecular complexity index is 932. The molecule has 2 heterocycles. The summed E-state index contributed by atoms with van der Waals surface area (Å²) in [6.45, 7) is 2.58. The van der Waals surface area contributed by atoms with E-state index in [9.17, 15) is 4.79 Å². The van der Waals surface area contributed by atoms with Gasteiger partial charge < -0.3 is 9.72 Å². The molecule has 122 valence electrons. The van der Waals surface area contributed by atoms with Gasteiger partial charge in [0.2, 0.25) is 0 Å². The molecule has 1 aliphatic rings. The van der Waals surface area contributed by atoms with Crippen molar-refractivity contribution in [3.8, 4) is 5.75 Å². The number of pyridine rings is 1. The first-order chi connectivity index (χ1) is 11.7. The maximum absolute atomic E-state index is 12.8. The third-order valence-corrected chi connectivity index (χ3v) is 4.70. The molecule has 0 radical (unpaired) electrons. The molecule has 0 saturated carbocycles. The molecule has 0 atom stereocenters. The second kappa shape index (κ2) is 6.13. The lowest BCUT2D eigenvalue weighted by atomic mass is 10.0. The number of fused-ring (bicyclic) bond motifs is 2. The lowest BCUT2D eigenvalue weighted by molar-refractivity contribution is 0.241. The van der Waals surface area contributed by atoms with Gasteiger partial charge in [-0.1, -0.05) is 30.3 Å². The van der Waals surface area contributed by atoms with Gasteiger partial charge in [-0.25, -0.2) is 0 Å². The number of hydrogen-bond donors (Lipinski definition) is 1. The molecule has 4 nitrogen and oxygen atoms in total. The molecule has 0 spiro atoms. The largest absolute Gasteiger partial charge is 0.497 e. The summed E-state index contributed by atoms with van der Waals surface area (Å²) in [5, 5.41) is 0.742. The first-order valence-corrected chi connectivity index (χ1v) is 8.22. The Kier molecular flexibility index (Phi) is 3.82. The predicted molar refractivity (Wildman–Crippen MR) is 95.4 cm³/mol. The first-order valence-electron chi connectivity index (χ1n) is 8.22. The molecule has 1 aliphatic heterocycles.